The number of hydrogen-bond donors (Lipinski definition) is 2. The van der Waals surface area contributed by atoms with Gasteiger partial charge in [-0.15, -0.1) is 0 Å². The van der Waals surface area contributed by atoms with Crippen LogP contribution in [0.1, 0.15) is 22.3 Å². The summed E-state index contributed by atoms with van der Waals surface area (Å²) in [5.41, 5.74) is 6.48. The zero-order chi connectivity index (χ0) is 22.1. The van der Waals surface area contributed by atoms with Gasteiger partial charge in [0, 0.05) is 40.7 Å². The summed E-state index contributed by atoms with van der Waals surface area (Å²) in [5, 5.41) is 6.39. The molecule has 6 nitrogen and oxygen atoms in total. The van der Waals surface area contributed by atoms with E-state index in [9.17, 15) is 4.79 Å². The lowest BCUT2D eigenvalue weighted by Crippen LogP contribution is -2.07. The van der Waals surface area contributed by atoms with E-state index in [1.54, 1.807) is 14.2 Å². The summed E-state index contributed by atoms with van der Waals surface area (Å²) in [6, 6.07) is 19.7. The highest BCUT2D eigenvalue weighted by atomic mass is 16.5. The van der Waals surface area contributed by atoms with Crippen molar-refractivity contribution in [3.8, 4) is 11.5 Å². The quantitative estimate of drug-likeness (QED) is 0.557. The van der Waals surface area contributed by atoms with Crippen LogP contribution < -0.4 is 20.1 Å². The summed E-state index contributed by atoms with van der Waals surface area (Å²) >= 11 is 0. The molecule has 0 spiro atoms. The topological polar surface area (TPSA) is 68.8 Å². The first-order valence-corrected chi connectivity index (χ1v) is 10.5. The van der Waals surface area contributed by atoms with Crippen molar-refractivity contribution in [1.82, 2.24) is 0 Å². The van der Waals surface area contributed by atoms with Crippen LogP contribution in [0.4, 0.5) is 11.4 Å². The monoisotopic (exact) mass is 428 g/mol. The number of carbonyl (C=O) groups is 1. The van der Waals surface area contributed by atoms with E-state index < -0.39 is 0 Å². The van der Waals surface area contributed by atoms with Gasteiger partial charge in [-0.2, -0.15) is 0 Å². The maximum Gasteiger partial charge on any atom is 0.260 e. The molecule has 32 heavy (non-hydrogen) atoms. The van der Waals surface area contributed by atoms with Gasteiger partial charge >= 0.3 is 0 Å². The molecule has 0 radical (unpaired) electrons. The van der Waals surface area contributed by atoms with Gasteiger partial charge in [0.1, 0.15) is 23.9 Å². The average molecular weight is 428 g/mol. The molecule has 3 aromatic carbocycles. The van der Waals surface area contributed by atoms with Crippen LogP contribution in [-0.4, -0.2) is 26.7 Å². The number of methoxy groups -OCH3 is 2. The van der Waals surface area contributed by atoms with Crippen molar-refractivity contribution < 1.29 is 19.0 Å². The zero-order valence-corrected chi connectivity index (χ0v) is 18.0. The molecule has 1 amide bonds. The van der Waals surface area contributed by atoms with Crippen LogP contribution in [0.3, 0.4) is 0 Å². The highest BCUT2D eigenvalue weighted by molar-refractivity contribution is 6.36. The van der Waals surface area contributed by atoms with Crippen LogP contribution in [0.15, 0.2) is 60.7 Å². The number of fused-ring (bicyclic) bond motifs is 2. The summed E-state index contributed by atoms with van der Waals surface area (Å²) in [6.45, 7) is 1.21. The van der Waals surface area contributed by atoms with E-state index in [-0.39, 0.29) is 5.91 Å². The molecule has 3 aromatic rings. The summed E-state index contributed by atoms with van der Waals surface area (Å²) < 4.78 is 16.7. The van der Waals surface area contributed by atoms with Crippen LogP contribution in [0.5, 0.6) is 11.5 Å². The van der Waals surface area contributed by atoms with Crippen LogP contribution in [0, 0.1) is 0 Å². The van der Waals surface area contributed by atoms with Crippen LogP contribution in [0.2, 0.25) is 0 Å². The third-order valence-corrected chi connectivity index (χ3v) is 5.84. The van der Waals surface area contributed by atoms with Crippen molar-refractivity contribution in [3.63, 3.8) is 0 Å². The Morgan fingerprint density at radius 3 is 2.72 bits per heavy atom. The molecule has 5 rings (SSSR count). The summed E-state index contributed by atoms with van der Waals surface area (Å²) in [6.07, 6.45) is 0.813. The van der Waals surface area contributed by atoms with E-state index in [1.807, 2.05) is 54.6 Å². The molecule has 0 atom stereocenters. The zero-order valence-electron chi connectivity index (χ0n) is 18.0. The first-order chi connectivity index (χ1) is 15.7. The van der Waals surface area contributed by atoms with Crippen LogP contribution >= 0.6 is 0 Å². The second kappa shape index (κ2) is 8.30. The van der Waals surface area contributed by atoms with Gasteiger partial charge in [-0.05, 0) is 42.3 Å². The Morgan fingerprint density at radius 1 is 1.00 bits per heavy atom. The van der Waals surface area contributed by atoms with Gasteiger partial charge in [0.2, 0.25) is 0 Å². The number of ether oxygens (including phenoxy) is 3. The summed E-state index contributed by atoms with van der Waals surface area (Å²) in [7, 11) is 3.31. The highest BCUT2D eigenvalue weighted by Crippen LogP contribution is 2.42. The van der Waals surface area contributed by atoms with E-state index in [0.29, 0.717) is 17.9 Å². The molecule has 0 saturated heterocycles. The van der Waals surface area contributed by atoms with Crippen molar-refractivity contribution in [1.29, 1.82) is 0 Å². The Labute approximate surface area is 186 Å². The van der Waals surface area contributed by atoms with E-state index in [1.165, 1.54) is 0 Å². The largest absolute Gasteiger partial charge is 0.497 e. The molecular weight excluding hydrogens is 404 g/mol. The van der Waals surface area contributed by atoms with Crippen molar-refractivity contribution in [2.75, 3.05) is 31.4 Å². The van der Waals surface area contributed by atoms with Gasteiger partial charge in [0.25, 0.3) is 5.91 Å². The van der Waals surface area contributed by atoms with Gasteiger partial charge in [0.15, 0.2) is 0 Å². The molecule has 0 saturated carbocycles. The van der Waals surface area contributed by atoms with Gasteiger partial charge in [0.05, 0.1) is 19.8 Å². The minimum Gasteiger partial charge on any atom is -0.497 e. The maximum absolute atomic E-state index is 12.6. The molecule has 0 bridgehead atoms. The molecule has 2 aliphatic rings. The Bertz CT molecular complexity index is 1230. The standard InChI is InChI=1S/C26H24N2O4/c1-30-19-9-7-16(23(14-19)31-2)11-12-27-18-8-10-20-17(13-18)15-32-25(20)24-21-5-3-4-6-22(21)28-26(24)29/h3-10,13-14,27H,11-12,15H2,1-2H3,(H,28,29). The lowest BCUT2D eigenvalue weighted by Gasteiger charge is -2.12. The SMILES string of the molecule is COc1ccc(CCNc2ccc3c(c2)COC3=C2C(=O)Nc3ccccc32)c(OC)c1. The van der Waals surface area contributed by atoms with E-state index in [0.717, 1.165) is 58.1 Å². The lowest BCUT2D eigenvalue weighted by atomic mass is 10.00. The van der Waals surface area contributed by atoms with Crippen molar-refractivity contribution in [2.45, 2.75) is 13.0 Å². The molecule has 0 aromatic heterocycles. The Balaban J connectivity index is 1.33. The Morgan fingerprint density at radius 2 is 1.88 bits per heavy atom. The third-order valence-electron chi connectivity index (χ3n) is 5.84. The molecule has 2 aliphatic heterocycles. The van der Waals surface area contributed by atoms with Gasteiger partial charge in [-0.3, -0.25) is 4.79 Å². The minimum absolute atomic E-state index is 0.121. The third kappa shape index (κ3) is 3.54. The van der Waals surface area contributed by atoms with Crippen LogP contribution in [0.25, 0.3) is 11.3 Å². The molecule has 0 unspecified atom stereocenters. The van der Waals surface area contributed by atoms with E-state index in [4.69, 9.17) is 14.2 Å². The Hall–Kier alpha value is -3.93. The number of carbonyl (C=O) groups excluding carboxylic acids is 1. The molecular formula is C26H24N2O4. The molecule has 6 heteroatoms. The number of nitrogens with one attached hydrogen (secondary N) is 2. The number of anilines is 2. The number of para-hydroxylation sites is 1. The predicted molar refractivity (Wildman–Crippen MR) is 125 cm³/mol. The van der Waals surface area contributed by atoms with Crippen molar-refractivity contribution >= 4 is 28.6 Å². The van der Waals surface area contributed by atoms with Crippen molar-refractivity contribution in [3.05, 3.63) is 82.9 Å². The summed E-state index contributed by atoms with van der Waals surface area (Å²) in [5.74, 6) is 2.13. The molecule has 2 N–H and O–H groups in total. The van der Waals surface area contributed by atoms with Crippen LogP contribution in [-0.2, 0) is 22.6 Å². The number of amides is 1. The maximum atomic E-state index is 12.6. The predicted octanol–water partition coefficient (Wildman–Crippen LogP) is 4.71. The second-order valence-corrected chi connectivity index (χ2v) is 7.72. The lowest BCUT2D eigenvalue weighted by molar-refractivity contribution is -0.110. The summed E-state index contributed by atoms with van der Waals surface area (Å²) in [4.78, 5) is 12.6. The molecule has 0 aliphatic carbocycles. The minimum atomic E-state index is -0.121. The number of hydrogen-bond acceptors (Lipinski definition) is 5. The fraction of sp³-hybridized carbons (Fsp3) is 0.192. The molecule has 2 heterocycles. The fourth-order valence-electron chi connectivity index (χ4n) is 4.22. The highest BCUT2D eigenvalue weighted by Gasteiger charge is 2.32. The number of benzene rings is 3. The van der Waals surface area contributed by atoms with E-state index in [2.05, 4.69) is 16.7 Å². The molecule has 162 valence electrons. The van der Waals surface area contributed by atoms with Crippen molar-refractivity contribution in [2.24, 2.45) is 0 Å². The first-order valence-electron chi connectivity index (χ1n) is 10.5. The van der Waals surface area contributed by atoms with Gasteiger partial charge in [-0.25, -0.2) is 0 Å². The van der Waals surface area contributed by atoms with Gasteiger partial charge < -0.3 is 24.8 Å². The first kappa shape index (κ1) is 20.0. The average Bonchev–Trinajstić information content (AvgIpc) is 3.38. The Kier molecular flexibility index (Phi) is 5.19. The van der Waals surface area contributed by atoms with Gasteiger partial charge in [-0.1, -0.05) is 24.3 Å². The second-order valence-electron chi connectivity index (χ2n) is 7.72. The fourth-order valence-corrected chi connectivity index (χ4v) is 4.22. The molecule has 0 fully saturated rings. The number of rotatable bonds is 6. The van der Waals surface area contributed by atoms with E-state index >= 15 is 0 Å². The normalized spacial score (nSPS) is 16.1. The smallest absolute Gasteiger partial charge is 0.260 e.